The van der Waals surface area contributed by atoms with Crippen LogP contribution in [0.4, 0.5) is 19.3 Å². The van der Waals surface area contributed by atoms with Gasteiger partial charge in [-0.15, -0.1) is 0 Å². The Bertz CT molecular complexity index is 1350. The summed E-state index contributed by atoms with van der Waals surface area (Å²) in [7, 11) is -4.20. The van der Waals surface area contributed by atoms with Gasteiger partial charge in [-0.3, -0.25) is 10.1 Å². The van der Waals surface area contributed by atoms with Crippen LogP contribution in [0.1, 0.15) is 21.5 Å². The molecule has 0 aliphatic rings. The number of carbonyl (C=O) groups excluding carboxylic acids is 2. The predicted octanol–water partition coefficient (Wildman–Crippen LogP) is 5.08. The number of sulfone groups is 1. The maximum absolute atomic E-state index is 13.7. The second-order valence-electron chi connectivity index (χ2n) is 6.91. The van der Waals surface area contributed by atoms with Crippen LogP contribution >= 0.6 is 23.2 Å². The fourth-order valence-corrected chi connectivity index (χ4v) is 5.61. The molecule has 0 fully saturated rings. The molecule has 7 nitrogen and oxygen atoms in total. The van der Waals surface area contributed by atoms with E-state index in [1.165, 1.54) is 6.20 Å². The number of aryl methyl sites for hydroxylation is 2. The summed E-state index contributed by atoms with van der Waals surface area (Å²) in [5.74, 6) is -3.62. The van der Waals surface area contributed by atoms with Gasteiger partial charge in [-0.05, 0) is 49.2 Å². The molecule has 0 atom stereocenters. The quantitative estimate of drug-likeness (QED) is 0.506. The molecule has 0 bridgehead atoms. The van der Waals surface area contributed by atoms with E-state index in [0.717, 1.165) is 35.9 Å². The molecule has 2 N–H and O–H groups in total. The molecule has 3 aromatic rings. The zero-order valence-corrected chi connectivity index (χ0v) is 19.4. The number of pyridine rings is 1. The number of amides is 3. The maximum atomic E-state index is 13.7. The first-order valence-corrected chi connectivity index (χ1v) is 11.4. The molecular weight excluding hydrogens is 499 g/mol. The second-order valence-corrected chi connectivity index (χ2v) is 9.53. The van der Waals surface area contributed by atoms with Gasteiger partial charge in [-0.2, -0.15) is 0 Å². The monoisotopic (exact) mass is 513 g/mol. The topological polar surface area (TPSA) is 105 Å². The Morgan fingerprint density at radius 2 is 1.58 bits per heavy atom. The molecule has 0 saturated heterocycles. The standard InChI is InChI=1S/C21H15Cl2F2N3O4S/c1-10-6-11(2)20(26-9-10)33(31,32)18-13(22)7-12(8-14(18)23)27-21(30)28-19(29)17-15(24)4-3-5-16(17)25/h3-9H,1-2H3,(H2,27,28,29,30). The SMILES string of the molecule is Cc1cnc(S(=O)(=O)c2c(Cl)cc(NC(=O)NC(=O)c3c(F)cccc3F)cc2Cl)c(C)c1. The molecule has 0 aliphatic heterocycles. The first kappa shape index (κ1) is 24.6. The Morgan fingerprint density at radius 3 is 2.12 bits per heavy atom. The molecular formula is C21H15Cl2F2N3O4S. The molecule has 172 valence electrons. The molecule has 33 heavy (non-hydrogen) atoms. The molecule has 0 aliphatic carbocycles. The number of hydrogen-bond acceptors (Lipinski definition) is 5. The zero-order chi connectivity index (χ0) is 24.5. The first-order chi connectivity index (χ1) is 15.4. The number of nitrogens with one attached hydrogen (secondary N) is 2. The molecule has 0 spiro atoms. The Kier molecular flexibility index (Phi) is 7.01. The van der Waals surface area contributed by atoms with Crippen molar-refractivity contribution in [1.29, 1.82) is 0 Å². The van der Waals surface area contributed by atoms with Crippen LogP contribution in [0.5, 0.6) is 0 Å². The van der Waals surface area contributed by atoms with E-state index < -0.39 is 43.9 Å². The minimum Gasteiger partial charge on any atom is -0.308 e. The number of rotatable bonds is 4. The number of anilines is 1. The number of halogens is 4. The Morgan fingerprint density at radius 1 is 1.00 bits per heavy atom. The van der Waals surface area contributed by atoms with Gasteiger partial charge >= 0.3 is 6.03 Å². The van der Waals surface area contributed by atoms with Crippen LogP contribution in [0.2, 0.25) is 10.0 Å². The summed E-state index contributed by atoms with van der Waals surface area (Å²) in [4.78, 5) is 27.7. The van der Waals surface area contributed by atoms with Crippen LogP contribution in [0.3, 0.4) is 0 Å². The summed E-state index contributed by atoms with van der Waals surface area (Å²) in [5.41, 5.74) is 0.143. The largest absolute Gasteiger partial charge is 0.326 e. The van der Waals surface area contributed by atoms with Crippen molar-refractivity contribution in [2.45, 2.75) is 23.8 Å². The van der Waals surface area contributed by atoms with Gasteiger partial charge in [-0.1, -0.05) is 35.3 Å². The number of carbonyl (C=O) groups is 2. The van der Waals surface area contributed by atoms with Gasteiger partial charge < -0.3 is 5.32 Å². The van der Waals surface area contributed by atoms with Crippen molar-refractivity contribution in [1.82, 2.24) is 10.3 Å². The Labute approximate surface area is 197 Å². The van der Waals surface area contributed by atoms with Crippen molar-refractivity contribution < 1.29 is 26.8 Å². The van der Waals surface area contributed by atoms with Crippen LogP contribution in [0.15, 0.2) is 52.5 Å². The maximum Gasteiger partial charge on any atom is 0.326 e. The van der Waals surface area contributed by atoms with E-state index in [4.69, 9.17) is 23.2 Å². The first-order valence-electron chi connectivity index (χ1n) is 9.15. The summed E-state index contributed by atoms with van der Waals surface area (Å²) in [6.45, 7) is 3.33. The lowest BCUT2D eigenvalue weighted by Crippen LogP contribution is -2.35. The van der Waals surface area contributed by atoms with E-state index in [9.17, 15) is 26.8 Å². The summed E-state index contributed by atoms with van der Waals surface area (Å²) in [6.07, 6.45) is 1.39. The molecule has 3 amide bonds. The van der Waals surface area contributed by atoms with Gasteiger partial charge in [0.25, 0.3) is 5.91 Å². The molecule has 1 aromatic heterocycles. The van der Waals surface area contributed by atoms with Crippen molar-refractivity contribution in [2.24, 2.45) is 0 Å². The molecule has 0 unspecified atom stereocenters. The van der Waals surface area contributed by atoms with Crippen molar-refractivity contribution >= 4 is 50.7 Å². The van der Waals surface area contributed by atoms with E-state index in [-0.39, 0.29) is 20.8 Å². The van der Waals surface area contributed by atoms with Crippen LogP contribution in [-0.2, 0) is 9.84 Å². The number of imide groups is 1. The molecule has 12 heteroatoms. The van der Waals surface area contributed by atoms with Crippen molar-refractivity contribution in [2.75, 3.05) is 5.32 Å². The highest BCUT2D eigenvalue weighted by Crippen LogP contribution is 2.36. The summed E-state index contributed by atoms with van der Waals surface area (Å²) in [6, 6.07) is 5.46. The average molecular weight is 514 g/mol. The van der Waals surface area contributed by atoms with E-state index in [1.807, 2.05) is 0 Å². The van der Waals surface area contributed by atoms with E-state index in [2.05, 4.69) is 10.3 Å². The predicted molar refractivity (Wildman–Crippen MR) is 118 cm³/mol. The number of benzene rings is 2. The smallest absolute Gasteiger partial charge is 0.308 e. The second kappa shape index (κ2) is 9.42. The fraction of sp³-hybridized carbons (Fsp3) is 0.0952. The van der Waals surface area contributed by atoms with Gasteiger partial charge in [0.1, 0.15) is 22.1 Å². The highest BCUT2D eigenvalue weighted by atomic mass is 35.5. The molecule has 2 aromatic carbocycles. The number of nitrogens with zero attached hydrogens (tertiary/aromatic N) is 1. The van der Waals surface area contributed by atoms with Gasteiger partial charge in [0.05, 0.1) is 10.0 Å². The lowest BCUT2D eigenvalue weighted by molar-refractivity contribution is 0.0959. The third-order valence-corrected chi connectivity index (χ3v) is 7.10. The lowest BCUT2D eigenvalue weighted by atomic mass is 10.2. The van der Waals surface area contributed by atoms with Crippen LogP contribution in [0.25, 0.3) is 0 Å². The molecule has 1 heterocycles. The Hall–Kier alpha value is -3.08. The van der Waals surface area contributed by atoms with Gasteiger partial charge in [0, 0.05) is 11.9 Å². The molecule has 0 radical (unpaired) electrons. The highest BCUT2D eigenvalue weighted by Gasteiger charge is 2.28. The van der Waals surface area contributed by atoms with E-state index >= 15 is 0 Å². The number of aromatic nitrogens is 1. The fourth-order valence-electron chi connectivity index (χ4n) is 3.01. The summed E-state index contributed by atoms with van der Waals surface area (Å²) < 4.78 is 53.5. The zero-order valence-electron chi connectivity index (χ0n) is 17.0. The normalized spacial score (nSPS) is 11.2. The van der Waals surface area contributed by atoms with Gasteiger partial charge in [-0.25, -0.2) is 27.0 Å². The summed E-state index contributed by atoms with van der Waals surface area (Å²) >= 11 is 12.3. The molecule has 3 rings (SSSR count). The minimum atomic E-state index is -4.20. The van der Waals surface area contributed by atoms with Gasteiger partial charge in [0.2, 0.25) is 9.84 Å². The average Bonchev–Trinajstić information content (AvgIpc) is 2.66. The summed E-state index contributed by atoms with van der Waals surface area (Å²) in [5, 5.41) is 3.11. The molecule has 0 saturated carbocycles. The van der Waals surface area contributed by atoms with Crippen LogP contribution in [-0.4, -0.2) is 25.3 Å². The van der Waals surface area contributed by atoms with E-state index in [0.29, 0.717) is 5.56 Å². The Balaban J connectivity index is 1.86. The third-order valence-electron chi connectivity index (χ3n) is 4.36. The van der Waals surface area contributed by atoms with Gasteiger partial charge in [0.15, 0.2) is 5.03 Å². The number of urea groups is 1. The highest BCUT2D eigenvalue weighted by molar-refractivity contribution is 7.91. The van der Waals surface area contributed by atoms with E-state index in [1.54, 1.807) is 25.2 Å². The number of hydrogen-bond donors (Lipinski definition) is 2. The van der Waals surface area contributed by atoms with Crippen LogP contribution < -0.4 is 10.6 Å². The van der Waals surface area contributed by atoms with Crippen molar-refractivity contribution in [3.63, 3.8) is 0 Å². The minimum absolute atomic E-state index is 0.0724. The van der Waals surface area contributed by atoms with Crippen molar-refractivity contribution in [3.05, 3.63) is 81.0 Å². The third kappa shape index (κ3) is 5.13. The van der Waals surface area contributed by atoms with Crippen LogP contribution in [0, 0.1) is 25.5 Å². The van der Waals surface area contributed by atoms with Crippen molar-refractivity contribution in [3.8, 4) is 0 Å². The lowest BCUT2D eigenvalue weighted by Gasteiger charge is -2.13.